The number of unbranched alkanes of at least 4 members (excludes halogenated alkanes) is 1. The van der Waals surface area contributed by atoms with E-state index in [1.807, 2.05) is 33.3 Å². The van der Waals surface area contributed by atoms with Gasteiger partial charge in [0.2, 0.25) is 0 Å². The summed E-state index contributed by atoms with van der Waals surface area (Å²) in [7, 11) is 3.82. The number of halogens is 2. The maximum absolute atomic E-state index is 5.56. The smallest absolute Gasteiger partial charge is 0.0322 e. The van der Waals surface area contributed by atoms with E-state index in [-0.39, 0.29) is 0 Å². The topological polar surface area (TPSA) is 0 Å². The molecule has 0 unspecified atom stereocenters. The Kier molecular flexibility index (Phi) is 15.3. The highest BCUT2D eigenvalue weighted by atomic mass is 35.5. The lowest BCUT2D eigenvalue weighted by Gasteiger charge is -1.99. The van der Waals surface area contributed by atoms with Crippen molar-refractivity contribution in [2.75, 3.05) is 34.8 Å². The number of alkyl halides is 2. The zero-order chi connectivity index (χ0) is 9.78. The first-order chi connectivity index (χ1) is 6.41. The van der Waals surface area contributed by atoms with Gasteiger partial charge in [0.25, 0.3) is 0 Å². The molecule has 0 aliphatic heterocycles. The van der Waals surface area contributed by atoms with E-state index in [0.717, 1.165) is 23.3 Å². The van der Waals surface area contributed by atoms with Crippen molar-refractivity contribution in [2.24, 2.45) is 0 Å². The third-order valence-electron chi connectivity index (χ3n) is 1.23. The van der Waals surface area contributed by atoms with Crippen molar-refractivity contribution >= 4 is 56.6 Å². The Bertz CT molecular complexity index is 83.5. The Morgan fingerprint density at radius 2 is 1.31 bits per heavy atom. The summed E-state index contributed by atoms with van der Waals surface area (Å²) >= 11 is 13.1. The molecule has 0 fully saturated rings. The second-order valence-corrected chi connectivity index (χ2v) is 7.02. The van der Waals surface area contributed by atoms with Gasteiger partial charge in [-0.2, -0.15) is 11.8 Å². The molecule has 80 valence electrons. The molecule has 0 aromatic carbocycles. The summed E-state index contributed by atoms with van der Waals surface area (Å²) in [6.45, 7) is 0. The van der Waals surface area contributed by atoms with E-state index in [9.17, 15) is 0 Å². The van der Waals surface area contributed by atoms with E-state index in [4.69, 9.17) is 23.2 Å². The molecule has 0 amide bonds. The normalized spacial score (nSPS) is 10.6. The summed E-state index contributed by atoms with van der Waals surface area (Å²) in [5.41, 5.74) is 0. The molecule has 13 heavy (non-hydrogen) atoms. The second kappa shape index (κ2) is 13.6. The van der Waals surface area contributed by atoms with E-state index in [1.165, 1.54) is 24.3 Å². The lowest BCUT2D eigenvalue weighted by atomic mass is 10.4. The average Bonchev–Trinajstić information content (AvgIpc) is 2.16. The second-order valence-electron chi connectivity index (χ2n) is 2.34. The van der Waals surface area contributed by atoms with Crippen molar-refractivity contribution in [3.63, 3.8) is 0 Å². The minimum atomic E-state index is 0.767. The van der Waals surface area contributed by atoms with Crippen LogP contribution in [0.1, 0.15) is 12.8 Å². The average molecular weight is 279 g/mol. The van der Waals surface area contributed by atoms with Gasteiger partial charge in [-0.15, -0.1) is 23.2 Å². The number of hydrogen-bond donors (Lipinski definition) is 0. The number of hydrogen-bond acceptors (Lipinski definition) is 3. The van der Waals surface area contributed by atoms with Gasteiger partial charge in [-0.3, -0.25) is 0 Å². The SMILES string of the molecule is ClCCSCCCCSSCCCl. The van der Waals surface area contributed by atoms with Gasteiger partial charge in [-0.05, 0) is 18.6 Å². The van der Waals surface area contributed by atoms with Crippen molar-refractivity contribution in [3.05, 3.63) is 0 Å². The van der Waals surface area contributed by atoms with Crippen LogP contribution < -0.4 is 0 Å². The van der Waals surface area contributed by atoms with Crippen LogP contribution in [0.3, 0.4) is 0 Å². The van der Waals surface area contributed by atoms with E-state index in [0.29, 0.717) is 0 Å². The molecule has 0 saturated carbocycles. The molecule has 0 N–H and O–H groups in total. The van der Waals surface area contributed by atoms with Crippen molar-refractivity contribution in [3.8, 4) is 0 Å². The number of rotatable bonds is 10. The predicted molar refractivity (Wildman–Crippen MR) is 72.9 cm³/mol. The first-order valence-electron chi connectivity index (χ1n) is 4.36. The molecule has 0 nitrogen and oxygen atoms in total. The molecule has 0 atom stereocenters. The zero-order valence-electron chi connectivity index (χ0n) is 7.64. The summed E-state index contributed by atoms with van der Waals surface area (Å²) in [5.74, 6) is 6.22. The van der Waals surface area contributed by atoms with Crippen LogP contribution in [0.15, 0.2) is 0 Å². The molecule has 0 aromatic heterocycles. The highest BCUT2D eigenvalue weighted by molar-refractivity contribution is 8.76. The van der Waals surface area contributed by atoms with Crippen LogP contribution in [0, 0.1) is 0 Å². The summed E-state index contributed by atoms with van der Waals surface area (Å²) < 4.78 is 0. The van der Waals surface area contributed by atoms with Crippen LogP contribution >= 0.6 is 56.6 Å². The third kappa shape index (κ3) is 13.6. The molecule has 0 aliphatic carbocycles. The van der Waals surface area contributed by atoms with Gasteiger partial charge in [0, 0.05) is 29.0 Å². The summed E-state index contributed by atoms with van der Waals surface area (Å²) in [5, 5.41) is 0. The highest BCUT2D eigenvalue weighted by Gasteiger charge is 1.92. The fourth-order valence-corrected chi connectivity index (χ4v) is 4.16. The molecular formula is C8H16Cl2S3. The van der Waals surface area contributed by atoms with Gasteiger partial charge < -0.3 is 0 Å². The Hall–Kier alpha value is 1.63. The lowest BCUT2D eigenvalue weighted by Crippen LogP contribution is -1.86. The summed E-state index contributed by atoms with van der Waals surface area (Å²) in [6.07, 6.45) is 2.63. The molecule has 0 bridgehead atoms. The quantitative estimate of drug-likeness (QED) is 0.331. The van der Waals surface area contributed by atoms with Crippen LogP contribution in [0.4, 0.5) is 0 Å². The molecule has 0 rings (SSSR count). The van der Waals surface area contributed by atoms with Crippen molar-refractivity contribution < 1.29 is 0 Å². The van der Waals surface area contributed by atoms with E-state index < -0.39 is 0 Å². The molecule has 5 heteroatoms. The Morgan fingerprint density at radius 3 is 2.00 bits per heavy atom. The van der Waals surface area contributed by atoms with Crippen molar-refractivity contribution in [1.29, 1.82) is 0 Å². The van der Waals surface area contributed by atoms with Gasteiger partial charge in [0.1, 0.15) is 0 Å². The Labute approximate surface area is 104 Å². The largest absolute Gasteiger partial charge is 0.161 e. The molecule has 0 heterocycles. The van der Waals surface area contributed by atoms with Crippen LogP contribution in [0.25, 0.3) is 0 Å². The fourth-order valence-electron chi connectivity index (χ4n) is 0.671. The van der Waals surface area contributed by atoms with Gasteiger partial charge in [-0.25, -0.2) is 0 Å². The molecule has 0 saturated heterocycles. The minimum Gasteiger partial charge on any atom is -0.161 e. The Balaban J connectivity index is 2.76. The van der Waals surface area contributed by atoms with Gasteiger partial charge in [0.15, 0.2) is 0 Å². The van der Waals surface area contributed by atoms with Crippen LogP contribution in [0.5, 0.6) is 0 Å². The molecule has 0 spiro atoms. The first-order valence-corrected chi connectivity index (χ1v) is 9.07. The molecule has 0 aromatic rings. The summed E-state index contributed by atoms with van der Waals surface area (Å²) in [4.78, 5) is 0. The maximum atomic E-state index is 5.56. The lowest BCUT2D eigenvalue weighted by molar-refractivity contribution is 0.909. The van der Waals surface area contributed by atoms with Crippen LogP contribution in [0.2, 0.25) is 0 Å². The Morgan fingerprint density at radius 1 is 0.692 bits per heavy atom. The van der Waals surface area contributed by atoms with Gasteiger partial charge in [-0.1, -0.05) is 21.6 Å². The first kappa shape index (κ1) is 14.6. The predicted octanol–water partition coefficient (Wildman–Crippen LogP) is 4.36. The van der Waals surface area contributed by atoms with Gasteiger partial charge >= 0.3 is 0 Å². The monoisotopic (exact) mass is 278 g/mol. The highest BCUT2D eigenvalue weighted by Crippen LogP contribution is 2.22. The van der Waals surface area contributed by atoms with Gasteiger partial charge in [0.05, 0.1) is 0 Å². The fraction of sp³-hybridized carbons (Fsp3) is 1.00. The maximum Gasteiger partial charge on any atom is 0.0322 e. The van der Waals surface area contributed by atoms with Crippen molar-refractivity contribution in [2.45, 2.75) is 12.8 Å². The standard InChI is InChI=1S/C8H16Cl2S3/c9-3-7-11-5-1-2-6-12-13-8-4-10/h1-8H2. The van der Waals surface area contributed by atoms with E-state index >= 15 is 0 Å². The van der Waals surface area contributed by atoms with Crippen molar-refractivity contribution in [1.82, 2.24) is 0 Å². The van der Waals surface area contributed by atoms with E-state index in [2.05, 4.69) is 0 Å². The molecular weight excluding hydrogens is 263 g/mol. The van der Waals surface area contributed by atoms with Crippen LogP contribution in [-0.4, -0.2) is 34.8 Å². The molecule has 0 aliphatic rings. The number of thioether (sulfide) groups is 1. The minimum absolute atomic E-state index is 0.767. The summed E-state index contributed by atoms with van der Waals surface area (Å²) in [6, 6.07) is 0. The molecule has 0 radical (unpaired) electrons. The van der Waals surface area contributed by atoms with E-state index in [1.54, 1.807) is 0 Å². The van der Waals surface area contributed by atoms with Crippen LogP contribution in [-0.2, 0) is 0 Å². The zero-order valence-corrected chi connectivity index (χ0v) is 11.6. The third-order valence-corrected chi connectivity index (χ3v) is 5.62.